The maximum atomic E-state index is 10.7. The van der Waals surface area contributed by atoms with E-state index in [-0.39, 0.29) is 0 Å². The Morgan fingerprint density at radius 3 is 1.75 bits per heavy atom. The van der Waals surface area contributed by atoms with Gasteiger partial charge < -0.3 is 0 Å². The third kappa shape index (κ3) is 2.27. The Morgan fingerprint density at radius 2 is 1.75 bits per heavy atom. The van der Waals surface area contributed by atoms with Gasteiger partial charge in [0.25, 0.3) is 0 Å². The van der Waals surface area contributed by atoms with E-state index in [1.807, 2.05) is 0 Å². The number of nitrogens with zero attached hydrogens (tertiary/aromatic N) is 1. The van der Waals surface area contributed by atoms with Crippen LogP contribution < -0.4 is 19.8 Å². The summed E-state index contributed by atoms with van der Waals surface area (Å²) in [5.74, 6) is 0. The molecule has 0 spiro atoms. The van der Waals surface area contributed by atoms with E-state index in [1.54, 1.807) is 19.0 Å². The van der Waals surface area contributed by atoms with E-state index in [0.29, 0.717) is 0 Å². The Morgan fingerprint density at radius 1 is 1.38 bits per heavy atom. The van der Waals surface area contributed by atoms with Crippen molar-refractivity contribution in [1.82, 2.24) is 4.31 Å². The van der Waals surface area contributed by atoms with Crippen molar-refractivity contribution < 1.29 is 28.2 Å². The van der Waals surface area contributed by atoms with E-state index in [9.17, 15) is 8.42 Å². The summed E-state index contributed by atoms with van der Waals surface area (Å²) in [6.45, 7) is 0. The molecule has 0 radical (unpaired) electrons. The molecule has 0 bridgehead atoms. The molecule has 0 N–H and O–H groups in total. The second kappa shape index (κ2) is 2.98. The fourth-order valence-electron chi connectivity index (χ4n) is 0.138. The number of hydrogen-bond acceptors (Lipinski definition) is 2. The van der Waals surface area contributed by atoms with Crippen molar-refractivity contribution in [2.45, 2.75) is 0 Å². The molecule has 0 saturated carbocycles. The summed E-state index contributed by atoms with van der Waals surface area (Å²) in [4.78, 5) is 1.73. The van der Waals surface area contributed by atoms with E-state index in [1.165, 1.54) is 4.31 Å². The van der Waals surface area contributed by atoms with E-state index in [0.717, 1.165) is 0 Å². The Bertz CT molecular complexity index is 151. The summed E-state index contributed by atoms with van der Waals surface area (Å²) >= 11 is -0.681. The zero-order chi connectivity index (χ0) is 6.78. The molecular formula is C3H9INO2S-. The molecule has 0 aliphatic heterocycles. The minimum absolute atomic E-state index is 0.681. The van der Waals surface area contributed by atoms with Crippen molar-refractivity contribution >= 4 is 7.19 Å². The molecule has 8 heavy (non-hydrogen) atoms. The molecule has 0 aromatic heterocycles. The van der Waals surface area contributed by atoms with Crippen molar-refractivity contribution in [2.24, 2.45) is 0 Å². The summed E-state index contributed by atoms with van der Waals surface area (Å²) < 4.78 is 22.6. The minimum atomic E-state index is -2.79. The van der Waals surface area contributed by atoms with Crippen LogP contribution in [0.2, 0.25) is 0 Å². The molecule has 5 heteroatoms. The summed E-state index contributed by atoms with van der Waals surface area (Å²) in [7, 11) is 0.315. The molecule has 0 aliphatic carbocycles. The van der Waals surface area contributed by atoms with E-state index in [2.05, 4.69) is 0 Å². The van der Waals surface area contributed by atoms with Gasteiger partial charge in [-0.2, -0.15) is 0 Å². The maximum absolute atomic E-state index is 10.7. The van der Waals surface area contributed by atoms with Gasteiger partial charge in [0.2, 0.25) is 0 Å². The molecule has 52 valence electrons. The van der Waals surface area contributed by atoms with Crippen molar-refractivity contribution in [2.75, 3.05) is 19.0 Å². The monoisotopic (exact) mass is 250 g/mol. The van der Waals surface area contributed by atoms with Crippen LogP contribution in [0.3, 0.4) is 0 Å². The molecule has 3 nitrogen and oxygen atoms in total. The number of hydrogen-bond donors (Lipinski definition) is 0. The van der Waals surface area contributed by atoms with Crippen LogP contribution in [0.15, 0.2) is 0 Å². The van der Waals surface area contributed by atoms with E-state index < -0.39 is 27.0 Å². The molecule has 0 amide bonds. The van der Waals surface area contributed by atoms with Crippen LogP contribution in [-0.2, 0) is 7.19 Å². The molecule has 0 atom stereocenters. The fourth-order valence-corrected chi connectivity index (χ4v) is 2.78. The van der Waals surface area contributed by atoms with Crippen LogP contribution >= 0.6 is 0 Å². The normalized spacial score (nSPS) is 13.0. The van der Waals surface area contributed by atoms with Crippen LogP contribution in [0.5, 0.6) is 0 Å². The Hall–Kier alpha value is 0.640. The molecule has 0 saturated heterocycles. The van der Waals surface area contributed by atoms with Crippen LogP contribution in [0, 0.1) is 0 Å². The summed E-state index contributed by atoms with van der Waals surface area (Å²) in [6.07, 6.45) is 0. The van der Waals surface area contributed by atoms with Gasteiger partial charge in [0.1, 0.15) is 0 Å². The first-order chi connectivity index (χ1) is 3.50. The third-order valence-electron chi connectivity index (χ3n) is 0.631. The zero-order valence-electron chi connectivity index (χ0n) is 5.05. The van der Waals surface area contributed by atoms with Gasteiger partial charge in [-0.1, -0.05) is 0 Å². The first-order valence-electron chi connectivity index (χ1n) is 1.94. The average Bonchev–Trinajstić information content (AvgIpc) is 1.67. The Kier molecular flexibility index (Phi) is 3.21. The topological polar surface area (TPSA) is 37.4 Å². The molecule has 0 aromatic carbocycles. The van der Waals surface area contributed by atoms with E-state index >= 15 is 0 Å². The molecule has 0 unspecified atom stereocenters. The van der Waals surface area contributed by atoms with Crippen molar-refractivity contribution in [3.05, 3.63) is 0 Å². The van der Waals surface area contributed by atoms with Gasteiger partial charge in [-0.05, 0) is 0 Å². The summed E-state index contributed by atoms with van der Waals surface area (Å²) in [6, 6.07) is 0. The van der Waals surface area contributed by atoms with Crippen LogP contribution in [0.1, 0.15) is 0 Å². The van der Waals surface area contributed by atoms with Gasteiger partial charge in [0.15, 0.2) is 0 Å². The standard InChI is InChI=1S/C3H9INO2S/c1-4-8(6,7)5(2)3/h1-3H3/q-1. The van der Waals surface area contributed by atoms with Crippen molar-refractivity contribution in [3.63, 3.8) is 0 Å². The molecule has 0 aromatic rings. The predicted molar refractivity (Wildman–Crippen MR) is 28.5 cm³/mol. The van der Waals surface area contributed by atoms with Crippen molar-refractivity contribution in [1.29, 1.82) is 0 Å². The van der Waals surface area contributed by atoms with E-state index in [4.69, 9.17) is 0 Å². The third-order valence-corrected chi connectivity index (χ3v) is 7.60. The average molecular weight is 250 g/mol. The fraction of sp³-hybridized carbons (Fsp3) is 1.00. The summed E-state index contributed by atoms with van der Waals surface area (Å²) in [5, 5.41) is 0. The number of alkyl halides is 1. The Balaban J connectivity index is 4.17. The second-order valence-corrected chi connectivity index (χ2v) is 9.22. The van der Waals surface area contributed by atoms with Crippen LogP contribution in [0.25, 0.3) is 0 Å². The molecule has 0 heterocycles. The van der Waals surface area contributed by atoms with Crippen molar-refractivity contribution in [3.8, 4) is 0 Å². The number of rotatable bonds is 2. The first kappa shape index (κ1) is 8.64. The van der Waals surface area contributed by atoms with Gasteiger partial charge >= 0.3 is 58.8 Å². The second-order valence-electron chi connectivity index (χ2n) is 1.38. The van der Waals surface area contributed by atoms with Crippen LogP contribution in [0.4, 0.5) is 0 Å². The van der Waals surface area contributed by atoms with Gasteiger partial charge in [0.05, 0.1) is 0 Å². The summed E-state index contributed by atoms with van der Waals surface area (Å²) in [5.41, 5.74) is 0. The molecule has 0 rings (SSSR count). The first-order valence-corrected chi connectivity index (χ1v) is 8.08. The van der Waals surface area contributed by atoms with Gasteiger partial charge in [0, 0.05) is 0 Å². The molecule has 0 aliphatic rings. The molecular weight excluding hydrogens is 241 g/mol. The molecule has 0 fully saturated rings. The van der Waals surface area contributed by atoms with Crippen LogP contribution in [-0.4, -0.2) is 31.7 Å². The van der Waals surface area contributed by atoms with Gasteiger partial charge in [-0.3, -0.25) is 0 Å². The zero-order valence-corrected chi connectivity index (χ0v) is 8.02. The predicted octanol–water partition coefficient (Wildman–Crippen LogP) is -3.49. The van der Waals surface area contributed by atoms with Gasteiger partial charge in [-0.15, -0.1) is 0 Å². The Labute approximate surface area is 58.8 Å². The SMILES string of the molecule is C[I-]S(=O)(=O)N(C)C. The quantitative estimate of drug-likeness (QED) is 0.290. The number of halogens is 1. The van der Waals surface area contributed by atoms with Gasteiger partial charge in [-0.25, -0.2) is 0 Å².